The van der Waals surface area contributed by atoms with E-state index in [4.69, 9.17) is 23.2 Å². The summed E-state index contributed by atoms with van der Waals surface area (Å²) in [7, 11) is -4.30. The summed E-state index contributed by atoms with van der Waals surface area (Å²) in [6, 6.07) is 9.80. The lowest BCUT2D eigenvalue weighted by Crippen LogP contribution is -2.49. The van der Waals surface area contributed by atoms with Crippen LogP contribution in [-0.4, -0.2) is 38.9 Å². The fraction of sp³-hybridized carbons (Fsp3) is 0.294. The van der Waals surface area contributed by atoms with Gasteiger partial charge < -0.3 is 4.90 Å². The zero-order valence-electron chi connectivity index (χ0n) is 13.9. The molecule has 1 heterocycles. The maximum atomic E-state index is 13.3. The largest absolute Gasteiger partial charge is 0.417 e. The summed E-state index contributed by atoms with van der Waals surface area (Å²) in [5, 5.41) is 0.380. The van der Waals surface area contributed by atoms with Gasteiger partial charge in [-0.25, -0.2) is 8.42 Å². The molecule has 1 aliphatic rings. The van der Waals surface area contributed by atoms with Crippen LogP contribution in [0.25, 0.3) is 0 Å². The summed E-state index contributed by atoms with van der Waals surface area (Å²) < 4.78 is 66.5. The lowest BCUT2D eigenvalue weighted by molar-refractivity contribution is -0.139. The minimum absolute atomic E-state index is 0.0643. The van der Waals surface area contributed by atoms with Gasteiger partial charge >= 0.3 is 6.18 Å². The molecule has 3 rings (SSSR count). The van der Waals surface area contributed by atoms with Crippen molar-refractivity contribution < 1.29 is 21.6 Å². The number of hydrogen-bond donors (Lipinski definition) is 0. The molecule has 0 unspecified atom stereocenters. The SMILES string of the molecule is O=S(=O)(c1ccc(Cl)cc1C(F)(F)F)N1CCN(c2cccc(Cl)c2)CC1. The van der Waals surface area contributed by atoms with Crippen LogP contribution in [0.2, 0.25) is 10.0 Å². The van der Waals surface area contributed by atoms with Gasteiger partial charge in [-0.2, -0.15) is 17.5 Å². The second-order valence-corrected chi connectivity index (χ2v) is 8.79. The van der Waals surface area contributed by atoms with Crippen LogP contribution >= 0.6 is 23.2 Å². The molecule has 0 radical (unpaired) electrons. The van der Waals surface area contributed by atoms with Crippen molar-refractivity contribution in [3.05, 3.63) is 58.1 Å². The van der Waals surface area contributed by atoms with Crippen LogP contribution in [0, 0.1) is 0 Å². The Bertz CT molecular complexity index is 943. The number of benzene rings is 2. The molecule has 0 saturated carbocycles. The van der Waals surface area contributed by atoms with Crippen LogP contribution in [0.5, 0.6) is 0 Å². The molecule has 146 valence electrons. The Kier molecular flexibility index (Phi) is 5.63. The molecule has 27 heavy (non-hydrogen) atoms. The predicted molar refractivity (Wildman–Crippen MR) is 98.9 cm³/mol. The Morgan fingerprint density at radius 1 is 0.889 bits per heavy atom. The maximum Gasteiger partial charge on any atom is 0.417 e. The number of nitrogens with zero attached hydrogens (tertiary/aromatic N) is 2. The fourth-order valence-corrected chi connectivity index (χ4v) is 4.92. The quantitative estimate of drug-likeness (QED) is 0.706. The molecule has 0 atom stereocenters. The van der Waals surface area contributed by atoms with E-state index >= 15 is 0 Å². The first-order valence-electron chi connectivity index (χ1n) is 7.96. The van der Waals surface area contributed by atoms with Crippen molar-refractivity contribution >= 4 is 38.9 Å². The van der Waals surface area contributed by atoms with Crippen LogP contribution in [0.15, 0.2) is 47.4 Å². The molecule has 0 aromatic heterocycles. The van der Waals surface area contributed by atoms with Gasteiger partial charge in [-0.05, 0) is 36.4 Å². The zero-order chi connectivity index (χ0) is 19.8. The van der Waals surface area contributed by atoms with Crippen LogP contribution in [0.4, 0.5) is 18.9 Å². The predicted octanol–water partition coefficient (Wildman–Crippen LogP) is 4.52. The summed E-state index contributed by atoms with van der Waals surface area (Å²) >= 11 is 11.6. The van der Waals surface area contributed by atoms with Crippen molar-refractivity contribution in [2.75, 3.05) is 31.1 Å². The van der Waals surface area contributed by atoms with E-state index in [1.807, 2.05) is 11.0 Å². The molecule has 0 spiro atoms. The zero-order valence-corrected chi connectivity index (χ0v) is 16.2. The Balaban J connectivity index is 1.84. The van der Waals surface area contributed by atoms with Gasteiger partial charge in [0, 0.05) is 41.9 Å². The highest BCUT2D eigenvalue weighted by molar-refractivity contribution is 7.89. The highest BCUT2D eigenvalue weighted by Crippen LogP contribution is 2.37. The summed E-state index contributed by atoms with van der Waals surface area (Å²) in [4.78, 5) is 1.15. The average molecular weight is 439 g/mol. The van der Waals surface area contributed by atoms with E-state index in [-0.39, 0.29) is 18.1 Å². The Hall–Kier alpha value is -1.48. The third-order valence-electron chi connectivity index (χ3n) is 4.28. The molecule has 0 bridgehead atoms. The molecular formula is C17H15Cl2F3N2O2S. The molecule has 10 heteroatoms. The molecule has 1 aliphatic heterocycles. The smallest absolute Gasteiger partial charge is 0.369 e. The fourth-order valence-electron chi connectivity index (χ4n) is 2.95. The van der Waals surface area contributed by atoms with E-state index in [1.54, 1.807) is 18.2 Å². The van der Waals surface area contributed by atoms with E-state index in [1.165, 1.54) is 0 Å². The highest BCUT2D eigenvalue weighted by Gasteiger charge is 2.40. The summed E-state index contributed by atoms with van der Waals surface area (Å²) in [6.07, 6.45) is -4.82. The van der Waals surface area contributed by atoms with Crippen LogP contribution in [-0.2, 0) is 16.2 Å². The van der Waals surface area contributed by atoms with Gasteiger partial charge in [0.25, 0.3) is 0 Å². The third kappa shape index (κ3) is 4.34. The maximum absolute atomic E-state index is 13.3. The number of hydrogen-bond acceptors (Lipinski definition) is 3. The van der Waals surface area contributed by atoms with Crippen LogP contribution < -0.4 is 4.90 Å². The average Bonchev–Trinajstić information content (AvgIpc) is 2.61. The number of piperazine rings is 1. The Morgan fingerprint density at radius 3 is 2.11 bits per heavy atom. The van der Waals surface area contributed by atoms with Crippen molar-refractivity contribution in [1.29, 1.82) is 0 Å². The van der Waals surface area contributed by atoms with Crippen LogP contribution in [0.3, 0.4) is 0 Å². The van der Waals surface area contributed by atoms with Gasteiger partial charge in [0.1, 0.15) is 0 Å². The van der Waals surface area contributed by atoms with Crippen molar-refractivity contribution in [2.24, 2.45) is 0 Å². The van der Waals surface area contributed by atoms with Gasteiger partial charge in [-0.3, -0.25) is 0 Å². The van der Waals surface area contributed by atoms with E-state index in [0.717, 1.165) is 22.1 Å². The first-order chi connectivity index (χ1) is 12.6. The van der Waals surface area contributed by atoms with Gasteiger partial charge in [0.05, 0.1) is 10.5 Å². The molecule has 1 saturated heterocycles. The first kappa shape index (κ1) is 20.3. The van der Waals surface area contributed by atoms with Gasteiger partial charge in [-0.1, -0.05) is 29.3 Å². The van der Waals surface area contributed by atoms with E-state index in [2.05, 4.69) is 0 Å². The Labute approximate surface area is 165 Å². The Morgan fingerprint density at radius 2 is 1.52 bits per heavy atom. The monoisotopic (exact) mass is 438 g/mol. The minimum Gasteiger partial charge on any atom is -0.369 e. The molecule has 0 amide bonds. The molecular weight excluding hydrogens is 424 g/mol. The minimum atomic E-state index is -4.82. The lowest BCUT2D eigenvalue weighted by Gasteiger charge is -2.35. The van der Waals surface area contributed by atoms with E-state index < -0.39 is 26.7 Å². The number of sulfonamides is 1. The van der Waals surface area contributed by atoms with Crippen molar-refractivity contribution in [2.45, 2.75) is 11.1 Å². The first-order valence-corrected chi connectivity index (χ1v) is 10.2. The summed E-state index contributed by atoms with van der Waals surface area (Å²) in [6.45, 7) is 0.812. The standard InChI is InChI=1S/C17H15Cl2F3N2O2S/c18-12-2-1-3-14(10-12)23-6-8-24(9-7-23)27(25,26)16-5-4-13(19)11-15(16)17(20,21)22/h1-5,10-11H,6-9H2. The second-order valence-electron chi connectivity index (χ2n) is 6.01. The van der Waals surface area contributed by atoms with E-state index in [9.17, 15) is 21.6 Å². The van der Waals surface area contributed by atoms with Gasteiger partial charge in [0.2, 0.25) is 10.0 Å². The molecule has 0 N–H and O–H groups in total. The molecule has 2 aromatic rings. The molecule has 2 aromatic carbocycles. The molecule has 1 fully saturated rings. The van der Waals surface area contributed by atoms with Crippen LogP contribution in [0.1, 0.15) is 5.56 Å². The number of anilines is 1. The van der Waals surface area contributed by atoms with Gasteiger partial charge in [-0.15, -0.1) is 0 Å². The van der Waals surface area contributed by atoms with E-state index in [0.29, 0.717) is 24.2 Å². The number of alkyl halides is 3. The molecule has 4 nitrogen and oxygen atoms in total. The topological polar surface area (TPSA) is 40.6 Å². The normalized spacial score (nSPS) is 16.6. The van der Waals surface area contributed by atoms with Crippen molar-refractivity contribution in [3.8, 4) is 0 Å². The lowest BCUT2D eigenvalue weighted by atomic mass is 10.2. The second kappa shape index (κ2) is 7.50. The van der Waals surface area contributed by atoms with Crippen molar-refractivity contribution in [1.82, 2.24) is 4.31 Å². The summed E-state index contributed by atoms with van der Waals surface area (Å²) in [5.74, 6) is 0. The van der Waals surface area contributed by atoms with Gasteiger partial charge in [0.15, 0.2) is 0 Å². The molecule has 0 aliphatic carbocycles. The van der Waals surface area contributed by atoms with Crippen molar-refractivity contribution in [3.63, 3.8) is 0 Å². The summed E-state index contributed by atoms with van der Waals surface area (Å²) in [5.41, 5.74) is -0.422. The number of halogens is 5. The highest BCUT2D eigenvalue weighted by atomic mass is 35.5. The third-order valence-corrected chi connectivity index (χ3v) is 6.70. The number of rotatable bonds is 3.